The highest BCUT2D eigenvalue weighted by molar-refractivity contribution is 6.00. The number of phenolic OH excluding ortho intramolecular Hbond substituents is 1. The molecular weight excluding hydrogens is 300 g/mol. The first-order chi connectivity index (χ1) is 11.5. The molecule has 1 aromatic carbocycles. The Balaban J connectivity index is 2.07. The number of hydrogen-bond acceptors (Lipinski definition) is 3. The van der Waals surface area contributed by atoms with Gasteiger partial charge in [0.05, 0.1) is 23.5 Å². The van der Waals surface area contributed by atoms with E-state index in [2.05, 4.69) is 11.6 Å². The summed E-state index contributed by atoms with van der Waals surface area (Å²) in [4.78, 5) is 19.0. The number of phenols is 1. The summed E-state index contributed by atoms with van der Waals surface area (Å²) >= 11 is 0. The number of aromatic nitrogens is 1. The molecule has 1 amide bonds. The number of benzene rings is 1. The molecule has 1 aliphatic rings. The van der Waals surface area contributed by atoms with E-state index in [0.29, 0.717) is 12.1 Å². The van der Waals surface area contributed by atoms with Crippen molar-refractivity contribution in [2.45, 2.75) is 27.3 Å². The fourth-order valence-electron chi connectivity index (χ4n) is 3.01. The second-order valence-corrected chi connectivity index (χ2v) is 5.96. The second kappa shape index (κ2) is 5.96. The second-order valence-electron chi connectivity index (χ2n) is 5.96. The third-order valence-electron chi connectivity index (χ3n) is 4.38. The predicted molar refractivity (Wildman–Crippen MR) is 94.6 cm³/mol. The number of rotatable bonds is 3. The summed E-state index contributed by atoms with van der Waals surface area (Å²) in [5.41, 5.74) is 5.52. The van der Waals surface area contributed by atoms with Crippen LogP contribution in [0.3, 0.4) is 0 Å². The van der Waals surface area contributed by atoms with Crippen molar-refractivity contribution in [1.82, 2.24) is 9.88 Å². The predicted octanol–water partition coefficient (Wildman–Crippen LogP) is 4.12. The molecule has 0 unspecified atom stereocenters. The van der Waals surface area contributed by atoms with Crippen molar-refractivity contribution in [1.29, 1.82) is 0 Å². The first kappa shape index (κ1) is 16.0. The lowest BCUT2D eigenvalue weighted by Gasteiger charge is -2.15. The number of carbonyl (C=O) groups excluding carboxylic acids is 1. The van der Waals surface area contributed by atoms with Crippen LogP contribution in [-0.4, -0.2) is 20.9 Å². The van der Waals surface area contributed by atoms with Crippen LogP contribution in [0.25, 0.3) is 11.3 Å². The van der Waals surface area contributed by atoms with Crippen molar-refractivity contribution in [3.63, 3.8) is 0 Å². The van der Waals surface area contributed by atoms with E-state index in [1.165, 1.54) is 0 Å². The van der Waals surface area contributed by atoms with Gasteiger partial charge in [-0.15, -0.1) is 0 Å². The normalized spacial score (nSPS) is 14.0. The van der Waals surface area contributed by atoms with Crippen LogP contribution >= 0.6 is 0 Å². The van der Waals surface area contributed by atoms with Crippen molar-refractivity contribution in [2.24, 2.45) is 0 Å². The lowest BCUT2D eigenvalue weighted by molar-refractivity contribution is 0.0830. The monoisotopic (exact) mass is 320 g/mol. The molecule has 0 fully saturated rings. The van der Waals surface area contributed by atoms with Crippen LogP contribution in [0.5, 0.6) is 5.75 Å². The summed E-state index contributed by atoms with van der Waals surface area (Å²) in [6, 6.07) is 7.40. The van der Waals surface area contributed by atoms with E-state index < -0.39 is 0 Å². The van der Waals surface area contributed by atoms with Gasteiger partial charge in [0.2, 0.25) is 0 Å². The molecule has 122 valence electrons. The van der Waals surface area contributed by atoms with Crippen molar-refractivity contribution in [3.8, 4) is 17.0 Å². The number of nitrogens with zero attached hydrogens (tertiary/aromatic N) is 2. The fraction of sp³-hybridized carbons (Fsp3) is 0.200. The largest absolute Gasteiger partial charge is 0.508 e. The zero-order chi connectivity index (χ0) is 17.4. The summed E-state index contributed by atoms with van der Waals surface area (Å²) in [6.45, 7) is 9.86. The lowest BCUT2D eigenvalue weighted by atomic mass is 10.0. The van der Waals surface area contributed by atoms with Gasteiger partial charge in [-0.25, -0.2) is 0 Å². The van der Waals surface area contributed by atoms with Crippen molar-refractivity contribution in [2.75, 3.05) is 0 Å². The molecular formula is C20H20N2O2. The minimum absolute atomic E-state index is 0.0405. The topological polar surface area (TPSA) is 53.4 Å². The average Bonchev–Trinajstić information content (AvgIpc) is 2.89. The Kier molecular flexibility index (Phi) is 3.97. The van der Waals surface area contributed by atoms with Gasteiger partial charge in [0.25, 0.3) is 5.91 Å². The number of aromatic hydroxyl groups is 1. The minimum atomic E-state index is -0.0405. The van der Waals surface area contributed by atoms with Crippen molar-refractivity contribution >= 4 is 5.91 Å². The molecule has 0 bridgehead atoms. The molecule has 2 aromatic rings. The lowest BCUT2D eigenvalue weighted by Crippen LogP contribution is -2.22. The maximum Gasteiger partial charge on any atom is 0.260 e. The van der Waals surface area contributed by atoms with Crippen LogP contribution in [0.4, 0.5) is 0 Å². The van der Waals surface area contributed by atoms with Gasteiger partial charge in [-0.05, 0) is 50.1 Å². The molecule has 0 radical (unpaired) electrons. The summed E-state index contributed by atoms with van der Waals surface area (Å²) in [7, 11) is 0. The van der Waals surface area contributed by atoms with Crippen LogP contribution in [0.2, 0.25) is 0 Å². The number of carbonyl (C=O) groups is 1. The van der Waals surface area contributed by atoms with Gasteiger partial charge in [0.15, 0.2) is 0 Å². The van der Waals surface area contributed by atoms with Crippen LogP contribution in [0.1, 0.15) is 34.1 Å². The quantitative estimate of drug-likeness (QED) is 0.866. The number of fused-ring (bicyclic) bond motifs is 1. The number of hydrogen-bond donors (Lipinski definition) is 1. The maximum absolute atomic E-state index is 12.7. The van der Waals surface area contributed by atoms with Crippen molar-refractivity contribution < 1.29 is 9.90 Å². The molecule has 2 heterocycles. The Morgan fingerprint density at radius 3 is 2.67 bits per heavy atom. The molecule has 0 saturated carbocycles. The first-order valence-electron chi connectivity index (χ1n) is 7.87. The van der Waals surface area contributed by atoms with E-state index in [1.54, 1.807) is 17.0 Å². The zero-order valence-corrected chi connectivity index (χ0v) is 14.1. The minimum Gasteiger partial charge on any atom is -0.508 e. The standard InChI is InChI=1S/C20H20N2O2/c1-5-15(6-2)22-11-17-19(20(22)24)13(4)9-16(21-17)14-8-7-12(3)18(23)10-14/h5-10,23H,1,11H2,2-4H3/b15-6+. The molecule has 24 heavy (non-hydrogen) atoms. The number of pyridine rings is 1. The number of allylic oxidation sites excluding steroid dienone is 2. The Bertz CT molecular complexity index is 881. The fourth-order valence-corrected chi connectivity index (χ4v) is 3.01. The van der Waals surface area contributed by atoms with Crippen LogP contribution in [0, 0.1) is 13.8 Å². The van der Waals surface area contributed by atoms with Gasteiger partial charge in [-0.2, -0.15) is 0 Å². The summed E-state index contributed by atoms with van der Waals surface area (Å²) in [5.74, 6) is 0.203. The van der Waals surface area contributed by atoms with Crippen LogP contribution < -0.4 is 0 Å². The van der Waals surface area contributed by atoms with E-state index in [-0.39, 0.29) is 11.7 Å². The maximum atomic E-state index is 12.7. The average molecular weight is 320 g/mol. The van der Waals surface area contributed by atoms with Gasteiger partial charge >= 0.3 is 0 Å². The Morgan fingerprint density at radius 1 is 1.29 bits per heavy atom. The number of amides is 1. The van der Waals surface area contributed by atoms with E-state index in [9.17, 15) is 9.90 Å². The highest BCUT2D eigenvalue weighted by Crippen LogP contribution is 2.32. The zero-order valence-electron chi connectivity index (χ0n) is 14.1. The van der Waals surface area contributed by atoms with Gasteiger partial charge in [-0.3, -0.25) is 9.78 Å². The molecule has 4 heteroatoms. The van der Waals surface area contributed by atoms with Gasteiger partial charge in [0.1, 0.15) is 5.75 Å². The van der Waals surface area contributed by atoms with Crippen LogP contribution in [-0.2, 0) is 6.54 Å². The Labute approximate surface area is 141 Å². The summed E-state index contributed by atoms with van der Waals surface area (Å²) < 4.78 is 0. The number of aryl methyl sites for hydroxylation is 2. The highest BCUT2D eigenvalue weighted by Gasteiger charge is 2.32. The van der Waals surface area contributed by atoms with Gasteiger partial charge < -0.3 is 10.0 Å². The molecule has 3 rings (SSSR count). The summed E-state index contributed by atoms with van der Waals surface area (Å²) in [5, 5.41) is 9.94. The van der Waals surface area contributed by atoms with E-state index in [1.807, 2.05) is 45.0 Å². The van der Waals surface area contributed by atoms with E-state index in [0.717, 1.165) is 33.8 Å². The highest BCUT2D eigenvalue weighted by atomic mass is 16.3. The van der Waals surface area contributed by atoms with Gasteiger partial charge in [0, 0.05) is 11.3 Å². The molecule has 1 aromatic heterocycles. The molecule has 0 saturated heterocycles. The van der Waals surface area contributed by atoms with E-state index >= 15 is 0 Å². The van der Waals surface area contributed by atoms with Crippen LogP contribution in [0.15, 0.2) is 48.7 Å². The molecule has 0 aliphatic carbocycles. The SMILES string of the molecule is C=C/C(=C\C)N1Cc2nc(-c3ccc(C)c(O)c3)cc(C)c2C1=O. The Hall–Kier alpha value is -2.88. The third-order valence-corrected chi connectivity index (χ3v) is 4.38. The van der Waals surface area contributed by atoms with Gasteiger partial charge in [-0.1, -0.05) is 24.8 Å². The molecule has 0 atom stereocenters. The van der Waals surface area contributed by atoms with E-state index in [4.69, 9.17) is 0 Å². The Morgan fingerprint density at radius 2 is 2.04 bits per heavy atom. The third kappa shape index (κ3) is 2.50. The van der Waals surface area contributed by atoms with Crippen molar-refractivity contribution in [3.05, 3.63) is 71.1 Å². The first-order valence-corrected chi connectivity index (χ1v) is 7.87. The molecule has 1 aliphatic heterocycles. The molecule has 1 N–H and O–H groups in total. The molecule has 4 nitrogen and oxygen atoms in total. The summed E-state index contributed by atoms with van der Waals surface area (Å²) in [6.07, 6.45) is 3.54. The smallest absolute Gasteiger partial charge is 0.260 e. The molecule has 0 spiro atoms.